The Morgan fingerprint density at radius 2 is 1.87 bits per heavy atom. The Morgan fingerprint density at radius 3 is 2.53 bits per heavy atom. The van der Waals surface area contributed by atoms with Crippen LogP contribution in [0.3, 0.4) is 0 Å². The third kappa shape index (κ3) is 2.71. The molecule has 0 radical (unpaired) electrons. The fraction of sp³-hybridized carbons (Fsp3) is 1.00. The second-order valence-electron chi connectivity index (χ2n) is 5.23. The lowest BCUT2D eigenvalue weighted by Gasteiger charge is -2.37. The van der Waals surface area contributed by atoms with Crippen LogP contribution < -0.4 is 0 Å². The quantitative estimate of drug-likeness (QED) is 0.739. The molecular formula is C12H23NO2. The molecule has 2 aliphatic rings. The van der Waals surface area contributed by atoms with Crippen LogP contribution in [0.15, 0.2) is 0 Å². The highest BCUT2D eigenvalue weighted by atomic mass is 16.3. The van der Waals surface area contributed by atoms with Gasteiger partial charge in [-0.15, -0.1) is 0 Å². The van der Waals surface area contributed by atoms with Crippen molar-refractivity contribution in [2.24, 2.45) is 0 Å². The largest absolute Gasteiger partial charge is 0.395 e. The fourth-order valence-corrected chi connectivity index (χ4v) is 3.06. The molecule has 1 atom stereocenters. The molecule has 1 aliphatic heterocycles. The summed E-state index contributed by atoms with van der Waals surface area (Å²) in [5.74, 6) is 0. The van der Waals surface area contributed by atoms with Crippen molar-refractivity contribution >= 4 is 0 Å². The van der Waals surface area contributed by atoms with Crippen molar-refractivity contribution in [2.45, 2.75) is 56.6 Å². The first kappa shape index (κ1) is 11.4. The summed E-state index contributed by atoms with van der Waals surface area (Å²) >= 11 is 0. The van der Waals surface area contributed by atoms with Gasteiger partial charge >= 0.3 is 0 Å². The Bertz CT molecular complexity index is 202. The van der Waals surface area contributed by atoms with Crippen molar-refractivity contribution < 1.29 is 10.2 Å². The summed E-state index contributed by atoms with van der Waals surface area (Å²) < 4.78 is 0. The molecule has 15 heavy (non-hydrogen) atoms. The summed E-state index contributed by atoms with van der Waals surface area (Å²) in [6.07, 6.45) is 7.74. The number of nitrogens with zero attached hydrogens (tertiary/aromatic N) is 1. The van der Waals surface area contributed by atoms with Gasteiger partial charge in [0.25, 0.3) is 0 Å². The lowest BCUT2D eigenvalue weighted by molar-refractivity contribution is -0.0330. The molecule has 88 valence electrons. The first-order valence-corrected chi connectivity index (χ1v) is 6.31. The maximum absolute atomic E-state index is 10.4. The minimum atomic E-state index is -0.462. The zero-order valence-electron chi connectivity index (χ0n) is 9.49. The molecule has 3 nitrogen and oxygen atoms in total. The Kier molecular flexibility index (Phi) is 3.65. The van der Waals surface area contributed by atoms with Crippen molar-refractivity contribution in [1.82, 2.24) is 4.90 Å². The van der Waals surface area contributed by atoms with Gasteiger partial charge in [-0.3, -0.25) is 4.90 Å². The van der Waals surface area contributed by atoms with E-state index >= 15 is 0 Å². The lowest BCUT2D eigenvalue weighted by Crippen LogP contribution is -2.47. The van der Waals surface area contributed by atoms with E-state index in [1.165, 1.54) is 12.8 Å². The van der Waals surface area contributed by atoms with Crippen LogP contribution in [0.4, 0.5) is 0 Å². The van der Waals surface area contributed by atoms with E-state index in [9.17, 15) is 10.2 Å². The predicted molar refractivity (Wildman–Crippen MR) is 59.7 cm³/mol. The van der Waals surface area contributed by atoms with Gasteiger partial charge in [0.15, 0.2) is 0 Å². The molecule has 2 fully saturated rings. The Morgan fingerprint density at radius 1 is 1.13 bits per heavy atom. The van der Waals surface area contributed by atoms with E-state index < -0.39 is 5.60 Å². The second-order valence-corrected chi connectivity index (χ2v) is 5.23. The van der Waals surface area contributed by atoms with Gasteiger partial charge in [0, 0.05) is 12.6 Å². The van der Waals surface area contributed by atoms with Crippen molar-refractivity contribution in [3.63, 3.8) is 0 Å². The third-order valence-corrected chi connectivity index (χ3v) is 3.99. The number of β-amino-alcohol motifs (C(OH)–C–C–N with tert-alkyl or cyclic N) is 1. The van der Waals surface area contributed by atoms with Gasteiger partial charge in [-0.1, -0.05) is 19.3 Å². The monoisotopic (exact) mass is 213 g/mol. The van der Waals surface area contributed by atoms with Crippen LogP contribution in [-0.4, -0.2) is 46.5 Å². The molecule has 2 rings (SSSR count). The molecule has 1 heterocycles. The maximum atomic E-state index is 10.4. The highest BCUT2D eigenvalue weighted by molar-refractivity contribution is 4.89. The molecule has 0 amide bonds. The molecule has 0 unspecified atom stereocenters. The van der Waals surface area contributed by atoms with Crippen LogP contribution in [0.1, 0.15) is 44.9 Å². The highest BCUT2D eigenvalue weighted by Crippen LogP contribution is 2.30. The predicted octanol–water partition coefficient (Wildman–Crippen LogP) is 1.14. The van der Waals surface area contributed by atoms with Crippen LogP contribution in [-0.2, 0) is 0 Å². The molecule has 0 aromatic heterocycles. The molecule has 1 saturated carbocycles. The first-order chi connectivity index (χ1) is 7.23. The summed E-state index contributed by atoms with van der Waals surface area (Å²) in [5.41, 5.74) is -0.462. The Labute approximate surface area is 92.1 Å². The van der Waals surface area contributed by atoms with E-state index in [0.29, 0.717) is 6.04 Å². The third-order valence-electron chi connectivity index (χ3n) is 3.99. The lowest BCUT2D eigenvalue weighted by atomic mass is 9.84. The molecule has 2 N–H and O–H groups in total. The summed E-state index contributed by atoms with van der Waals surface area (Å²) in [6, 6.07) is 0.302. The van der Waals surface area contributed by atoms with Crippen LogP contribution in [0.25, 0.3) is 0 Å². The molecule has 1 aliphatic carbocycles. The summed E-state index contributed by atoms with van der Waals surface area (Å²) in [5, 5.41) is 19.6. The molecule has 0 spiro atoms. The maximum Gasteiger partial charge on any atom is 0.0774 e. The van der Waals surface area contributed by atoms with Crippen molar-refractivity contribution in [2.75, 3.05) is 19.7 Å². The van der Waals surface area contributed by atoms with Gasteiger partial charge in [-0.25, -0.2) is 0 Å². The molecule has 0 bridgehead atoms. The number of hydrogen-bond acceptors (Lipinski definition) is 3. The van der Waals surface area contributed by atoms with Gasteiger partial charge < -0.3 is 10.2 Å². The van der Waals surface area contributed by atoms with Crippen LogP contribution in [0, 0.1) is 0 Å². The summed E-state index contributed by atoms with van der Waals surface area (Å²) in [7, 11) is 0. The minimum Gasteiger partial charge on any atom is -0.395 e. The van der Waals surface area contributed by atoms with E-state index in [4.69, 9.17) is 0 Å². The van der Waals surface area contributed by atoms with E-state index in [2.05, 4.69) is 4.90 Å². The second kappa shape index (κ2) is 4.81. The fourth-order valence-electron chi connectivity index (χ4n) is 3.06. The average Bonchev–Trinajstić information content (AvgIpc) is 2.65. The van der Waals surface area contributed by atoms with Gasteiger partial charge in [-0.05, 0) is 32.2 Å². The Hall–Kier alpha value is -0.120. The minimum absolute atomic E-state index is 0.246. The van der Waals surface area contributed by atoms with Gasteiger partial charge in [-0.2, -0.15) is 0 Å². The van der Waals surface area contributed by atoms with Crippen LogP contribution in [0.2, 0.25) is 0 Å². The molecular weight excluding hydrogens is 190 g/mol. The number of aliphatic hydroxyl groups is 2. The summed E-state index contributed by atoms with van der Waals surface area (Å²) in [6.45, 7) is 2.07. The van der Waals surface area contributed by atoms with Crippen LogP contribution >= 0.6 is 0 Å². The van der Waals surface area contributed by atoms with E-state index in [1.54, 1.807) is 0 Å². The van der Waals surface area contributed by atoms with Gasteiger partial charge in [0.05, 0.1) is 12.2 Å². The van der Waals surface area contributed by atoms with Crippen molar-refractivity contribution in [3.8, 4) is 0 Å². The smallest absolute Gasteiger partial charge is 0.0774 e. The van der Waals surface area contributed by atoms with E-state index in [0.717, 1.165) is 45.2 Å². The SMILES string of the molecule is OC[C@@H]1CCCN1CC1(O)CCCCC1. The topological polar surface area (TPSA) is 43.7 Å². The first-order valence-electron chi connectivity index (χ1n) is 6.31. The molecule has 1 saturated heterocycles. The van der Waals surface area contributed by atoms with E-state index in [1.807, 2.05) is 0 Å². The Balaban J connectivity index is 1.88. The van der Waals surface area contributed by atoms with Crippen molar-refractivity contribution in [3.05, 3.63) is 0 Å². The number of likely N-dealkylation sites (tertiary alicyclic amines) is 1. The average molecular weight is 213 g/mol. The standard InChI is InChI=1S/C12H23NO2/c14-9-11-5-4-8-13(11)10-12(15)6-2-1-3-7-12/h11,14-15H,1-10H2/t11-/m0/s1. The zero-order valence-corrected chi connectivity index (χ0v) is 9.49. The molecule has 3 heteroatoms. The molecule has 0 aromatic rings. The molecule has 0 aromatic carbocycles. The normalized spacial score (nSPS) is 32.0. The number of rotatable bonds is 3. The number of hydrogen-bond donors (Lipinski definition) is 2. The van der Waals surface area contributed by atoms with Gasteiger partial charge in [0.1, 0.15) is 0 Å². The summed E-state index contributed by atoms with van der Waals surface area (Å²) in [4.78, 5) is 2.28. The highest BCUT2D eigenvalue weighted by Gasteiger charge is 2.35. The number of aliphatic hydroxyl groups excluding tert-OH is 1. The van der Waals surface area contributed by atoms with Crippen molar-refractivity contribution in [1.29, 1.82) is 0 Å². The van der Waals surface area contributed by atoms with E-state index in [-0.39, 0.29) is 6.61 Å². The van der Waals surface area contributed by atoms with Gasteiger partial charge in [0.2, 0.25) is 0 Å². The zero-order chi connectivity index (χ0) is 10.7. The van der Waals surface area contributed by atoms with Crippen LogP contribution in [0.5, 0.6) is 0 Å².